The average molecular weight is 230 g/mol. The van der Waals surface area contributed by atoms with Crippen LogP contribution in [0.3, 0.4) is 0 Å². The molecule has 0 radical (unpaired) electrons. The lowest BCUT2D eigenvalue weighted by atomic mass is 10.1. The van der Waals surface area contributed by atoms with Crippen LogP contribution in [0, 0.1) is 13.8 Å². The average Bonchev–Trinajstić information content (AvgIpc) is 2.01. The highest BCUT2D eigenvalue weighted by Gasteiger charge is 2.01. The van der Waals surface area contributed by atoms with Gasteiger partial charge in [0.25, 0.3) is 0 Å². The minimum atomic E-state index is 0.458. The molecular formula is C9H12BrNO. The molecule has 0 spiro atoms. The van der Waals surface area contributed by atoms with E-state index in [1.807, 2.05) is 6.07 Å². The summed E-state index contributed by atoms with van der Waals surface area (Å²) in [5.74, 6) is 4.98. The first-order valence-electron chi connectivity index (χ1n) is 3.72. The molecule has 3 heteroatoms. The van der Waals surface area contributed by atoms with Crippen molar-refractivity contribution >= 4 is 15.9 Å². The van der Waals surface area contributed by atoms with Gasteiger partial charge in [-0.1, -0.05) is 22.0 Å². The zero-order valence-electron chi connectivity index (χ0n) is 7.23. The fraction of sp³-hybridized carbons (Fsp3) is 0.333. The van der Waals surface area contributed by atoms with Crippen molar-refractivity contribution in [2.45, 2.75) is 20.5 Å². The third-order valence-corrected chi connectivity index (χ3v) is 2.74. The van der Waals surface area contributed by atoms with E-state index < -0.39 is 0 Å². The van der Waals surface area contributed by atoms with Crippen LogP contribution >= 0.6 is 15.9 Å². The number of nitrogens with two attached hydrogens (primary N) is 1. The van der Waals surface area contributed by atoms with Crippen molar-refractivity contribution in [1.29, 1.82) is 0 Å². The molecule has 0 bridgehead atoms. The van der Waals surface area contributed by atoms with Gasteiger partial charge in [-0.25, -0.2) is 5.90 Å². The summed E-state index contributed by atoms with van der Waals surface area (Å²) >= 11 is 3.47. The third kappa shape index (κ3) is 2.06. The summed E-state index contributed by atoms with van der Waals surface area (Å²) < 4.78 is 1.11. The molecule has 0 unspecified atom stereocenters. The molecule has 0 atom stereocenters. The van der Waals surface area contributed by atoms with Crippen LogP contribution in [-0.4, -0.2) is 0 Å². The van der Waals surface area contributed by atoms with Crippen molar-refractivity contribution in [2.75, 3.05) is 0 Å². The van der Waals surface area contributed by atoms with E-state index in [-0.39, 0.29) is 0 Å². The quantitative estimate of drug-likeness (QED) is 0.792. The summed E-state index contributed by atoms with van der Waals surface area (Å²) in [6.07, 6.45) is 0. The Labute approximate surface area is 80.8 Å². The second-order valence-electron chi connectivity index (χ2n) is 2.83. The maximum Gasteiger partial charge on any atom is 0.0930 e. The molecule has 0 amide bonds. The zero-order valence-corrected chi connectivity index (χ0v) is 8.81. The highest BCUT2D eigenvalue weighted by Crippen LogP contribution is 2.21. The highest BCUT2D eigenvalue weighted by atomic mass is 79.9. The maximum atomic E-state index is 4.98. The lowest BCUT2D eigenvalue weighted by Gasteiger charge is -2.06. The van der Waals surface area contributed by atoms with Crippen LogP contribution < -0.4 is 5.90 Å². The van der Waals surface area contributed by atoms with E-state index in [9.17, 15) is 0 Å². The normalized spacial score (nSPS) is 10.3. The minimum Gasteiger partial charge on any atom is -0.300 e. The van der Waals surface area contributed by atoms with Crippen LogP contribution in [0.2, 0.25) is 0 Å². The van der Waals surface area contributed by atoms with Gasteiger partial charge in [0.05, 0.1) is 6.61 Å². The van der Waals surface area contributed by atoms with Crippen molar-refractivity contribution in [1.82, 2.24) is 0 Å². The molecule has 0 aliphatic carbocycles. The van der Waals surface area contributed by atoms with Crippen LogP contribution in [0.15, 0.2) is 16.6 Å². The van der Waals surface area contributed by atoms with Gasteiger partial charge in [-0.2, -0.15) is 0 Å². The number of rotatable bonds is 2. The Morgan fingerprint density at radius 1 is 1.42 bits per heavy atom. The SMILES string of the molecule is Cc1cc(CON)cc(Br)c1C. The third-order valence-electron chi connectivity index (χ3n) is 1.91. The summed E-state index contributed by atoms with van der Waals surface area (Å²) in [5.41, 5.74) is 3.60. The molecule has 0 heterocycles. The van der Waals surface area contributed by atoms with E-state index in [1.54, 1.807) is 0 Å². The van der Waals surface area contributed by atoms with Crippen LogP contribution in [0.1, 0.15) is 16.7 Å². The zero-order chi connectivity index (χ0) is 9.14. The van der Waals surface area contributed by atoms with Crippen molar-refractivity contribution in [2.24, 2.45) is 5.90 Å². The second-order valence-corrected chi connectivity index (χ2v) is 3.68. The predicted molar refractivity (Wildman–Crippen MR) is 52.6 cm³/mol. The maximum absolute atomic E-state index is 4.98. The van der Waals surface area contributed by atoms with Gasteiger partial charge in [-0.15, -0.1) is 0 Å². The molecular weight excluding hydrogens is 218 g/mol. The molecule has 1 aromatic carbocycles. The van der Waals surface area contributed by atoms with Gasteiger partial charge in [0.15, 0.2) is 0 Å². The fourth-order valence-corrected chi connectivity index (χ4v) is 1.67. The summed E-state index contributed by atoms with van der Waals surface area (Å²) in [6, 6.07) is 4.10. The van der Waals surface area contributed by atoms with E-state index >= 15 is 0 Å². The van der Waals surface area contributed by atoms with E-state index in [1.165, 1.54) is 11.1 Å². The standard InChI is InChI=1S/C9H12BrNO/c1-6-3-8(5-12-11)4-9(10)7(6)2/h3-4H,5,11H2,1-2H3. The Bertz CT molecular complexity index is 263. The number of hydrogen-bond acceptors (Lipinski definition) is 2. The van der Waals surface area contributed by atoms with Gasteiger partial charge < -0.3 is 0 Å². The lowest BCUT2D eigenvalue weighted by molar-refractivity contribution is 0.124. The van der Waals surface area contributed by atoms with Crippen molar-refractivity contribution < 1.29 is 4.84 Å². The van der Waals surface area contributed by atoms with Crippen LogP contribution in [-0.2, 0) is 11.4 Å². The molecule has 0 saturated heterocycles. The largest absolute Gasteiger partial charge is 0.300 e. The summed E-state index contributed by atoms with van der Waals surface area (Å²) in [4.78, 5) is 4.56. The van der Waals surface area contributed by atoms with Crippen LogP contribution in [0.5, 0.6) is 0 Å². The van der Waals surface area contributed by atoms with Gasteiger partial charge in [0.2, 0.25) is 0 Å². The first kappa shape index (κ1) is 9.71. The van der Waals surface area contributed by atoms with E-state index in [4.69, 9.17) is 5.90 Å². The number of halogens is 1. The predicted octanol–water partition coefficient (Wildman–Crippen LogP) is 2.46. The Morgan fingerprint density at radius 3 is 2.58 bits per heavy atom. The Balaban J connectivity index is 3.04. The second kappa shape index (κ2) is 4.03. The fourth-order valence-electron chi connectivity index (χ4n) is 1.07. The van der Waals surface area contributed by atoms with E-state index in [2.05, 4.69) is 40.7 Å². The smallest absolute Gasteiger partial charge is 0.0930 e. The van der Waals surface area contributed by atoms with Gasteiger partial charge in [-0.3, -0.25) is 4.84 Å². The Morgan fingerprint density at radius 2 is 2.08 bits per heavy atom. The highest BCUT2D eigenvalue weighted by molar-refractivity contribution is 9.10. The van der Waals surface area contributed by atoms with E-state index in [0.717, 1.165) is 10.0 Å². The van der Waals surface area contributed by atoms with Crippen molar-refractivity contribution in [3.05, 3.63) is 33.3 Å². The van der Waals surface area contributed by atoms with E-state index in [0.29, 0.717) is 6.61 Å². The Kier molecular flexibility index (Phi) is 3.26. The summed E-state index contributed by atoms with van der Waals surface area (Å²) in [7, 11) is 0. The van der Waals surface area contributed by atoms with Crippen LogP contribution in [0.25, 0.3) is 0 Å². The Hall–Kier alpha value is -0.380. The topological polar surface area (TPSA) is 35.2 Å². The molecule has 1 aromatic rings. The van der Waals surface area contributed by atoms with Crippen LogP contribution in [0.4, 0.5) is 0 Å². The number of benzene rings is 1. The van der Waals surface area contributed by atoms with Gasteiger partial charge in [0.1, 0.15) is 0 Å². The molecule has 66 valence electrons. The lowest BCUT2D eigenvalue weighted by Crippen LogP contribution is -1.99. The monoisotopic (exact) mass is 229 g/mol. The molecule has 1 rings (SSSR count). The molecule has 0 aromatic heterocycles. The number of aryl methyl sites for hydroxylation is 1. The molecule has 2 N–H and O–H groups in total. The molecule has 2 nitrogen and oxygen atoms in total. The number of hydrogen-bond donors (Lipinski definition) is 1. The first-order valence-corrected chi connectivity index (χ1v) is 4.51. The molecule has 0 fully saturated rings. The van der Waals surface area contributed by atoms with Crippen molar-refractivity contribution in [3.63, 3.8) is 0 Å². The van der Waals surface area contributed by atoms with Gasteiger partial charge >= 0.3 is 0 Å². The summed E-state index contributed by atoms with van der Waals surface area (Å²) in [6.45, 7) is 4.60. The first-order chi connectivity index (χ1) is 5.65. The molecule has 0 aliphatic rings. The minimum absolute atomic E-state index is 0.458. The molecule has 0 saturated carbocycles. The molecule has 12 heavy (non-hydrogen) atoms. The van der Waals surface area contributed by atoms with Gasteiger partial charge in [0, 0.05) is 4.47 Å². The van der Waals surface area contributed by atoms with Crippen molar-refractivity contribution in [3.8, 4) is 0 Å². The summed E-state index contributed by atoms with van der Waals surface area (Å²) in [5, 5.41) is 0. The van der Waals surface area contributed by atoms with Gasteiger partial charge in [-0.05, 0) is 36.6 Å². The molecule has 0 aliphatic heterocycles.